The number of hydrogen-bond acceptors (Lipinski definition) is 2. The molecule has 0 saturated carbocycles. The zero-order valence-corrected chi connectivity index (χ0v) is 16.9. The van der Waals surface area contributed by atoms with Crippen LogP contribution >= 0.6 is 0 Å². The van der Waals surface area contributed by atoms with Gasteiger partial charge in [0.1, 0.15) is 0 Å². The first kappa shape index (κ1) is 18.1. The van der Waals surface area contributed by atoms with E-state index in [4.69, 9.17) is 0 Å². The molecule has 1 atom stereocenters. The summed E-state index contributed by atoms with van der Waals surface area (Å²) in [5, 5.41) is 1.32. The zero-order chi connectivity index (χ0) is 19.1. The Hall–Kier alpha value is -2.27. The van der Waals surface area contributed by atoms with Gasteiger partial charge in [-0.25, -0.2) is 10.2 Å². The maximum absolute atomic E-state index is 12.7. The van der Waals surface area contributed by atoms with Crippen molar-refractivity contribution in [3.63, 3.8) is 0 Å². The normalized spacial score (nSPS) is 19.0. The van der Waals surface area contributed by atoms with Gasteiger partial charge in [0, 0.05) is 36.8 Å². The molecule has 144 valence electrons. The first-order chi connectivity index (χ1) is 13.1. The predicted octanol–water partition coefficient (Wildman–Crippen LogP) is 3.99. The second-order valence-corrected chi connectivity index (χ2v) is 7.48. The van der Waals surface area contributed by atoms with E-state index in [1.54, 1.807) is 0 Å². The number of benzene rings is 1. The zero-order valence-electron chi connectivity index (χ0n) is 16.9. The van der Waals surface area contributed by atoms with E-state index in [0.29, 0.717) is 19.1 Å². The molecule has 5 heteroatoms. The lowest BCUT2D eigenvalue weighted by Crippen LogP contribution is -2.42. The fourth-order valence-corrected chi connectivity index (χ4v) is 4.83. The van der Waals surface area contributed by atoms with Gasteiger partial charge >= 0.3 is 6.03 Å². The van der Waals surface area contributed by atoms with Gasteiger partial charge in [-0.1, -0.05) is 25.1 Å². The third kappa shape index (κ3) is 2.76. The summed E-state index contributed by atoms with van der Waals surface area (Å²) in [6, 6.07) is 6.91. The molecule has 5 nitrogen and oxygen atoms in total. The van der Waals surface area contributed by atoms with Gasteiger partial charge in [0.25, 0.3) is 0 Å². The number of likely N-dealkylation sites (N-methyl/N-ethyl adjacent to an activating group) is 1. The van der Waals surface area contributed by atoms with Crippen LogP contribution in [0.5, 0.6) is 0 Å². The van der Waals surface area contributed by atoms with E-state index >= 15 is 0 Å². The Morgan fingerprint density at radius 3 is 2.74 bits per heavy atom. The molecule has 0 saturated heterocycles. The van der Waals surface area contributed by atoms with E-state index in [0.717, 1.165) is 37.1 Å². The second-order valence-electron chi connectivity index (χ2n) is 7.48. The predicted molar refractivity (Wildman–Crippen MR) is 112 cm³/mol. The average molecular weight is 367 g/mol. The second kappa shape index (κ2) is 7.04. The molecule has 1 aliphatic carbocycles. The Morgan fingerprint density at radius 1 is 1.26 bits per heavy atom. The number of nitrogens with one attached hydrogen (secondary N) is 1. The molecular weight excluding hydrogens is 336 g/mol. The maximum atomic E-state index is 12.7. The van der Waals surface area contributed by atoms with Crippen molar-refractivity contribution in [2.75, 3.05) is 31.6 Å². The van der Waals surface area contributed by atoms with Gasteiger partial charge in [-0.2, -0.15) is 0 Å². The molecule has 0 spiro atoms. The van der Waals surface area contributed by atoms with Crippen molar-refractivity contribution in [3.05, 3.63) is 41.1 Å². The highest BCUT2D eigenvalue weighted by molar-refractivity contribution is 6.00. The monoisotopic (exact) mass is 366 g/mol. The number of rotatable bonds is 4. The number of nitrogens with zero attached hydrogens (tertiary/aromatic N) is 3. The number of aromatic nitrogens is 1. The summed E-state index contributed by atoms with van der Waals surface area (Å²) in [6.45, 7) is 12.0. The molecule has 1 aromatic heterocycles. The molecule has 1 aromatic carbocycles. The van der Waals surface area contributed by atoms with Crippen molar-refractivity contribution in [2.45, 2.75) is 46.6 Å². The largest absolute Gasteiger partial charge is 0.336 e. The summed E-state index contributed by atoms with van der Waals surface area (Å²) >= 11 is 0. The van der Waals surface area contributed by atoms with Crippen molar-refractivity contribution >= 4 is 22.5 Å². The van der Waals surface area contributed by atoms with Crippen LogP contribution in [-0.4, -0.2) is 52.7 Å². The van der Waals surface area contributed by atoms with Crippen LogP contribution in [0.2, 0.25) is 0 Å². The minimum atomic E-state index is -0.0389. The molecular formula is C22H30N4O. The number of amides is 2. The fourth-order valence-electron chi connectivity index (χ4n) is 4.83. The highest BCUT2D eigenvalue weighted by atomic mass is 16.2. The van der Waals surface area contributed by atoms with Crippen molar-refractivity contribution in [2.24, 2.45) is 0 Å². The van der Waals surface area contributed by atoms with Gasteiger partial charge in [-0.05, 0) is 62.9 Å². The summed E-state index contributed by atoms with van der Waals surface area (Å²) < 4.78 is 2.00. The molecule has 2 heterocycles. The third-order valence-corrected chi connectivity index (χ3v) is 6.31. The lowest BCUT2D eigenvalue weighted by Gasteiger charge is -2.38. The van der Waals surface area contributed by atoms with E-state index in [-0.39, 0.29) is 6.03 Å². The molecule has 0 bridgehead atoms. The van der Waals surface area contributed by atoms with Crippen molar-refractivity contribution in [3.8, 4) is 0 Å². The summed E-state index contributed by atoms with van der Waals surface area (Å²) in [6.07, 6.45) is 4.56. The van der Waals surface area contributed by atoms with Crippen LogP contribution in [0.25, 0.3) is 16.5 Å². The molecule has 2 amide bonds. The summed E-state index contributed by atoms with van der Waals surface area (Å²) in [4.78, 5) is 17.1. The van der Waals surface area contributed by atoms with Crippen LogP contribution in [0.1, 0.15) is 44.0 Å². The third-order valence-electron chi connectivity index (χ3n) is 6.31. The Morgan fingerprint density at radius 2 is 2.04 bits per heavy atom. The van der Waals surface area contributed by atoms with Gasteiger partial charge in [0.15, 0.2) is 0 Å². The van der Waals surface area contributed by atoms with Crippen LogP contribution < -0.4 is 5.43 Å². The number of fused-ring (bicyclic) bond motifs is 2. The van der Waals surface area contributed by atoms with Crippen molar-refractivity contribution in [1.29, 1.82) is 0 Å². The van der Waals surface area contributed by atoms with E-state index in [2.05, 4.69) is 48.4 Å². The maximum Gasteiger partial charge on any atom is 0.336 e. The van der Waals surface area contributed by atoms with Crippen molar-refractivity contribution in [1.82, 2.24) is 14.5 Å². The van der Waals surface area contributed by atoms with E-state index in [1.165, 1.54) is 22.1 Å². The summed E-state index contributed by atoms with van der Waals surface area (Å²) in [5.41, 5.74) is 9.59. The van der Waals surface area contributed by atoms with Gasteiger partial charge in [-0.15, -0.1) is 0 Å². The minimum Gasteiger partial charge on any atom is -0.324 e. The standard InChI is InChI=1S/C22H30N4O/c1-5-24(6-2)22(27)23-26-15(4)18-14-20-16(11-9-13-25(20)7-3)17-10-8-12-19(26)21(17)18/h8,10-12,20H,5-7,9,13-14H2,1-4H3,(H,23,27)/t20-/m1/s1. The molecule has 4 rings (SSSR count). The number of hydrogen-bond donors (Lipinski definition) is 1. The van der Waals surface area contributed by atoms with Gasteiger partial charge in [-0.3, -0.25) is 9.58 Å². The topological polar surface area (TPSA) is 40.5 Å². The minimum absolute atomic E-state index is 0.0389. The Kier molecular flexibility index (Phi) is 4.72. The smallest absolute Gasteiger partial charge is 0.324 e. The molecule has 2 aliphatic rings. The molecule has 1 N–H and O–H groups in total. The van der Waals surface area contributed by atoms with Gasteiger partial charge in [0.2, 0.25) is 0 Å². The molecule has 2 aromatic rings. The lowest BCUT2D eigenvalue weighted by atomic mass is 9.81. The Balaban J connectivity index is 1.83. The average Bonchev–Trinajstić information content (AvgIpc) is 2.96. The molecule has 1 aliphatic heterocycles. The van der Waals surface area contributed by atoms with E-state index < -0.39 is 0 Å². The van der Waals surface area contributed by atoms with Crippen LogP contribution in [0.15, 0.2) is 24.3 Å². The van der Waals surface area contributed by atoms with Gasteiger partial charge in [0.05, 0.1) is 5.52 Å². The van der Waals surface area contributed by atoms with Gasteiger partial charge < -0.3 is 4.90 Å². The molecule has 0 fully saturated rings. The lowest BCUT2D eigenvalue weighted by molar-refractivity contribution is 0.214. The van der Waals surface area contributed by atoms with E-state index in [9.17, 15) is 4.79 Å². The summed E-state index contributed by atoms with van der Waals surface area (Å²) in [7, 11) is 0. The molecule has 0 radical (unpaired) electrons. The highest BCUT2D eigenvalue weighted by Gasteiger charge is 2.34. The molecule has 0 unspecified atom stereocenters. The Labute approximate surface area is 161 Å². The number of carbonyl (C=O) groups is 1. The van der Waals surface area contributed by atoms with Crippen molar-refractivity contribution < 1.29 is 4.79 Å². The fraction of sp³-hybridized carbons (Fsp3) is 0.500. The number of carbonyl (C=O) groups excluding carboxylic acids is 1. The van der Waals surface area contributed by atoms with Crippen LogP contribution in [-0.2, 0) is 6.42 Å². The Bertz CT molecular complexity index is 907. The van der Waals surface area contributed by atoms with Crippen LogP contribution in [0.4, 0.5) is 4.79 Å². The SMILES string of the molecule is CCN(CC)C(=O)Nn1c(C)c2c3c(cccc31)C1=CCCN(CC)[C@@H]1C2. The van der Waals surface area contributed by atoms with E-state index in [1.807, 2.05) is 23.4 Å². The van der Waals surface area contributed by atoms with Crippen LogP contribution in [0.3, 0.4) is 0 Å². The van der Waals surface area contributed by atoms with Crippen LogP contribution in [0, 0.1) is 6.92 Å². The quantitative estimate of drug-likeness (QED) is 0.889. The first-order valence-electron chi connectivity index (χ1n) is 10.2. The highest BCUT2D eigenvalue weighted by Crippen LogP contribution is 2.42. The summed E-state index contributed by atoms with van der Waals surface area (Å²) in [5.74, 6) is 0. The number of urea groups is 1. The molecule has 27 heavy (non-hydrogen) atoms. The first-order valence-corrected chi connectivity index (χ1v) is 10.2.